The predicted octanol–water partition coefficient (Wildman–Crippen LogP) is 6.45. The summed E-state index contributed by atoms with van der Waals surface area (Å²) in [4.78, 5) is 21.8. The van der Waals surface area contributed by atoms with Gasteiger partial charge in [0.1, 0.15) is 12.1 Å². The minimum atomic E-state index is -5.05. The van der Waals surface area contributed by atoms with Gasteiger partial charge in [-0.2, -0.15) is 26.3 Å². The number of piperazine rings is 1. The van der Waals surface area contributed by atoms with E-state index in [-0.39, 0.29) is 6.07 Å². The summed E-state index contributed by atoms with van der Waals surface area (Å²) in [5, 5.41) is 0. The van der Waals surface area contributed by atoms with Crippen LogP contribution in [0.1, 0.15) is 36.1 Å². The molecule has 0 bridgehead atoms. The van der Waals surface area contributed by atoms with Crippen LogP contribution >= 0.6 is 0 Å². The zero-order valence-corrected chi connectivity index (χ0v) is 25.1. The lowest BCUT2D eigenvalue weighted by atomic mass is 9.81. The number of carbonyl (C=O) groups is 1. The molecule has 0 aliphatic carbocycles. The summed E-state index contributed by atoms with van der Waals surface area (Å²) in [6, 6.07) is 10.5. The number of halogens is 6. The molecule has 0 N–H and O–H groups in total. The van der Waals surface area contributed by atoms with Gasteiger partial charge in [0.2, 0.25) is 5.91 Å². The summed E-state index contributed by atoms with van der Waals surface area (Å²) < 4.78 is 95.2. The third-order valence-electron chi connectivity index (χ3n) is 7.74. The molecule has 43 heavy (non-hydrogen) atoms. The lowest BCUT2D eigenvalue weighted by Crippen LogP contribution is -2.48. The van der Waals surface area contributed by atoms with Crippen LogP contribution in [0, 0.1) is 6.92 Å². The number of aryl methyl sites for hydroxylation is 1. The van der Waals surface area contributed by atoms with Crippen LogP contribution in [-0.4, -0.2) is 59.2 Å². The number of hydrogen-bond donors (Lipinski definition) is 0. The molecule has 1 amide bonds. The Morgan fingerprint density at radius 1 is 0.884 bits per heavy atom. The second-order valence-electron chi connectivity index (χ2n) is 11.0. The number of likely N-dealkylation sites (N-methyl/N-ethyl adjacent to an activating group) is 1. The molecular weight excluding hydrogens is 594 g/mol. The molecule has 232 valence electrons. The van der Waals surface area contributed by atoms with E-state index in [4.69, 9.17) is 0 Å². The van der Waals surface area contributed by atoms with Crippen molar-refractivity contribution < 1.29 is 35.7 Å². The quantitative estimate of drug-likeness (QED) is 0.233. The highest BCUT2D eigenvalue weighted by Gasteiger charge is 2.41. The van der Waals surface area contributed by atoms with Crippen molar-refractivity contribution in [2.24, 2.45) is 0 Å². The Morgan fingerprint density at radius 3 is 1.93 bits per heavy atom. The van der Waals surface area contributed by atoms with Crippen molar-refractivity contribution in [3.8, 4) is 11.1 Å². The van der Waals surface area contributed by atoms with E-state index in [1.54, 1.807) is 6.26 Å². The van der Waals surface area contributed by atoms with E-state index in [9.17, 15) is 35.7 Å². The summed E-state index contributed by atoms with van der Waals surface area (Å²) in [6.45, 7) is 6.75. The third-order valence-corrected chi connectivity index (χ3v) is 8.83. The minimum Gasteiger partial charge on any atom is -0.598 e. The van der Waals surface area contributed by atoms with Gasteiger partial charge in [-0.25, -0.2) is 4.98 Å². The van der Waals surface area contributed by atoms with Gasteiger partial charge in [0.05, 0.1) is 41.5 Å². The lowest BCUT2D eigenvalue weighted by Gasteiger charge is -2.35. The third kappa shape index (κ3) is 6.94. The van der Waals surface area contributed by atoms with Crippen molar-refractivity contribution in [3.63, 3.8) is 0 Å². The van der Waals surface area contributed by atoms with Gasteiger partial charge < -0.3 is 14.4 Å². The molecule has 0 radical (unpaired) electrons. The van der Waals surface area contributed by atoms with E-state index < -0.39 is 51.7 Å². The van der Waals surface area contributed by atoms with E-state index >= 15 is 0 Å². The average Bonchev–Trinajstić information content (AvgIpc) is 2.95. The fraction of sp³-hybridized carbons (Fsp3) is 0.400. The lowest BCUT2D eigenvalue weighted by molar-refractivity contribution is -0.143. The first-order valence-corrected chi connectivity index (χ1v) is 14.9. The van der Waals surface area contributed by atoms with Crippen molar-refractivity contribution >= 4 is 28.8 Å². The van der Waals surface area contributed by atoms with Gasteiger partial charge in [-0.05, 0) is 61.7 Å². The molecule has 2 heterocycles. The van der Waals surface area contributed by atoms with E-state index in [1.807, 2.05) is 46.5 Å². The molecule has 1 saturated heterocycles. The van der Waals surface area contributed by atoms with Crippen LogP contribution in [0.2, 0.25) is 0 Å². The molecule has 4 rings (SSSR count). The molecule has 6 nitrogen and oxygen atoms in total. The maximum absolute atomic E-state index is 13.9. The fourth-order valence-electron chi connectivity index (χ4n) is 5.11. The number of aromatic nitrogens is 1. The van der Waals surface area contributed by atoms with Crippen LogP contribution in [0.25, 0.3) is 11.1 Å². The number of nitrogens with zero attached hydrogens (tertiary/aromatic N) is 4. The van der Waals surface area contributed by atoms with Crippen molar-refractivity contribution in [1.29, 1.82) is 0 Å². The van der Waals surface area contributed by atoms with Gasteiger partial charge in [-0.15, -0.1) is 4.31 Å². The van der Waals surface area contributed by atoms with Gasteiger partial charge in [-0.3, -0.25) is 4.79 Å². The van der Waals surface area contributed by atoms with Crippen LogP contribution in [0.5, 0.6) is 0 Å². The zero-order valence-electron chi connectivity index (χ0n) is 24.3. The van der Waals surface area contributed by atoms with Crippen molar-refractivity contribution in [3.05, 3.63) is 77.0 Å². The van der Waals surface area contributed by atoms with Gasteiger partial charge in [0.25, 0.3) is 0 Å². The molecule has 1 aliphatic heterocycles. The average molecular weight is 627 g/mol. The number of amides is 1. The Kier molecular flexibility index (Phi) is 9.11. The Balaban J connectivity index is 1.77. The molecule has 0 saturated carbocycles. The van der Waals surface area contributed by atoms with E-state index in [0.29, 0.717) is 55.4 Å². The van der Waals surface area contributed by atoms with Crippen LogP contribution < -0.4 is 9.80 Å². The summed E-state index contributed by atoms with van der Waals surface area (Å²) >= 11 is -1.10. The Bertz CT molecular complexity index is 1450. The van der Waals surface area contributed by atoms with Crippen LogP contribution in [0.3, 0.4) is 0 Å². The Labute approximate surface area is 249 Å². The highest BCUT2D eigenvalue weighted by Crippen LogP contribution is 2.41. The summed E-state index contributed by atoms with van der Waals surface area (Å²) in [5.41, 5.74) is -2.53. The van der Waals surface area contributed by atoms with Gasteiger partial charge in [-0.1, -0.05) is 24.3 Å². The number of anilines is 2. The first-order chi connectivity index (χ1) is 19.9. The number of hydrogen-bond acceptors (Lipinski definition) is 5. The van der Waals surface area contributed by atoms with E-state index in [1.165, 1.54) is 32.0 Å². The Hall–Kier alpha value is -3.29. The van der Waals surface area contributed by atoms with Crippen molar-refractivity contribution in [2.45, 2.75) is 38.5 Å². The fourth-order valence-corrected chi connectivity index (χ4v) is 5.79. The molecular formula is C30H32F6N4O2S. The molecule has 1 atom stereocenters. The SMILES string of the molecule is Cc1ccccc1-c1cc(N2CCN([S+](C)[O-])CC2)ncc1N(C)C(=O)C(C)(C)c1cc(C(F)(F)F)cc(C(F)(F)F)c1. The van der Waals surface area contributed by atoms with Gasteiger partial charge >= 0.3 is 12.4 Å². The molecule has 13 heteroatoms. The first-order valence-electron chi connectivity index (χ1n) is 13.4. The van der Waals surface area contributed by atoms with E-state index in [2.05, 4.69) is 4.98 Å². The molecule has 0 spiro atoms. The molecule has 1 unspecified atom stereocenters. The summed E-state index contributed by atoms with van der Waals surface area (Å²) in [5.74, 6) is -0.0975. The highest BCUT2D eigenvalue weighted by atomic mass is 32.2. The van der Waals surface area contributed by atoms with Crippen LogP contribution in [0.4, 0.5) is 37.8 Å². The van der Waals surface area contributed by atoms with Crippen LogP contribution in [0.15, 0.2) is 54.7 Å². The maximum Gasteiger partial charge on any atom is 0.416 e. The van der Waals surface area contributed by atoms with Crippen molar-refractivity contribution in [2.75, 3.05) is 49.3 Å². The monoisotopic (exact) mass is 626 g/mol. The summed E-state index contributed by atoms with van der Waals surface area (Å²) in [6.07, 6.45) is -6.98. The molecule has 1 aromatic heterocycles. The standard InChI is InChI=1S/C30H32F6N4O2S/c1-19-8-6-7-9-23(19)24-17-26(39-10-12-40(13-11-39)43(5)42)37-18-25(24)38(4)27(41)28(2,3)20-14-21(29(31,32)33)16-22(15-20)30(34,35)36/h6-9,14-18H,10-13H2,1-5H3. The van der Waals surface area contributed by atoms with Crippen LogP contribution in [-0.2, 0) is 33.9 Å². The Morgan fingerprint density at radius 2 is 1.42 bits per heavy atom. The number of alkyl halides is 6. The molecule has 2 aromatic carbocycles. The zero-order chi connectivity index (χ0) is 31.9. The number of rotatable bonds is 6. The predicted molar refractivity (Wildman–Crippen MR) is 155 cm³/mol. The number of carbonyl (C=O) groups excluding carboxylic acids is 1. The van der Waals surface area contributed by atoms with Crippen molar-refractivity contribution in [1.82, 2.24) is 9.29 Å². The molecule has 1 aliphatic rings. The number of pyridine rings is 1. The van der Waals surface area contributed by atoms with Gasteiger partial charge in [0, 0.05) is 37.1 Å². The highest BCUT2D eigenvalue weighted by molar-refractivity contribution is 7.88. The van der Waals surface area contributed by atoms with E-state index in [0.717, 1.165) is 11.1 Å². The minimum absolute atomic E-state index is 0.0463. The topological polar surface area (TPSA) is 62.7 Å². The number of benzene rings is 2. The first kappa shape index (κ1) is 32.6. The second-order valence-corrected chi connectivity index (χ2v) is 12.4. The second kappa shape index (κ2) is 12.0. The van der Waals surface area contributed by atoms with Gasteiger partial charge in [0.15, 0.2) is 0 Å². The smallest absolute Gasteiger partial charge is 0.416 e. The molecule has 1 fully saturated rings. The maximum atomic E-state index is 13.9. The molecule has 3 aromatic rings. The largest absolute Gasteiger partial charge is 0.598 e. The normalized spacial score (nSPS) is 15.9. The summed E-state index contributed by atoms with van der Waals surface area (Å²) in [7, 11) is 1.43.